The molecule has 0 aliphatic rings. The van der Waals surface area contributed by atoms with E-state index >= 15 is 0 Å². The number of amides is 1. The molecule has 0 atom stereocenters. The highest BCUT2D eigenvalue weighted by atomic mass is 16.6. The van der Waals surface area contributed by atoms with Gasteiger partial charge in [0.25, 0.3) is 0 Å². The molecule has 0 bridgehead atoms. The Balaban J connectivity index is 1.17. The van der Waals surface area contributed by atoms with Crippen molar-refractivity contribution in [2.24, 2.45) is 0 Å². The molecule has 0 radical (unpaired) electrons. The average Bonchev–Trinajstić information content (AvgIpc) is 3.06. The maximum Gasteiger partial charge on any atom is 0.407 e. The monoisotopic (exact) mass is 638 g/mol. The Kier molecular flexibility index (Phi) is 24.1. The van der Waals surface area contributed by atoms with Crippen LogP contribution in [0.15, 0.2) is 54.6 Å². The molecule has 0 unspecified atom stereocenters. The number of nitrogens with one attached hydrogen (secondary N) is 1. The van der Waals surface area contributed by atoms with Crippen LogP contribution >= 0.6 is 0 Å². The molecule has 13 heteroatoms. The number of rotatable bonds is 30. The lowest BCUT2D eigenvalue weighted by Gasteiger charge is -2.10. The predicted molar refractivity (Wildman–Crippen MR) is 168 cm³/mol. The van der Waals surface area contributed by atoms with E-state index < -0.39 is 6.09 Å². The van der Waals surface area contributed by atoms with Gasteiger partial charge in [-0.05, 0) is 17.7 Å². The standard InChI is InChI=1S/C32H50N2O11/c33-30-8-4-5-9-31(30)44-27-26-43-25-24-42-23-22-41-21-20-40-19-18-39-17-16-38-15-14-37-13-12-36-11-10-34-32(35)45-28-29-6-2-1-3-7-29/h1-9H,10-28,33H2,(H,34,35). The number of hydrogen-bond donors (Lipinski definition) is 2. The quantitative estimate of drug-likeness (QED) is 0.0958. The van der Waals surface area contributed by atoms with Crippen molar-refractivity contribution in [2.45, 2.75) is 6.61 Å². The van der Waals surface area contributed by atoms with Gasteiger partial charge in [-0.2, -0.15) is 0 Å². The molecule has 0 spiro atoms. The van der Waals surface area contributed by atoms with Crippen LogP contribution < -0.4 is 15.8 Å². The molecule has 0 aromatic heterocycles. The van der Waals surface area contributed by atoms with Gasteiger partial charge in [0, 0.05) is 6.54 Å². The van der Waals surface area contributed by atoms with Gasteiger partial charge in [0.2, 0.25) is 0 Å². The van der Waals surface area contributed by atoms with Crippen molar-refractivity contribution in [3.63, 3.8) is 0 Å². The van der Waals surface area contributed by atoms with Crippen molar-refractivity contribution in [3.05, 3.63) is 60.2 Å². The number of anilines is 1. The minimum atomic E-state index is -0.469. The van der Waals surface area contributed by atoms with Crippen LogP contribution in [0.1, 0.15) is 5.56 Å². The Bertz CT molecular complexity index is 956. The number of nitrogens with two attached hydrogens (primary N) is 1. The topological polar surface area (TPSA) is 147 Å². The smallest absolute Gasteiger partial charge is 0.407 e. The molecule has 2 aromatic rings. The number of para-hydroxylation sites is 2. The van der Waals surface area contributed by atoms with E-state index in [0.29, 0.717) is 130 Å². The van der Waals surface area contributed by atoms with Crippen molar-refractivity contribution >= 4 is 11.8 Å². The summed E-state index contributed by atoms with van der Waals surface area (Å²) in [5, 5.41) is 2.64. The van der Waals surface area contributed by atoms with Gasteiger partial charge >= 0.3 is 6.09 Å². The highest BCUT2D eigenvalue weighted by Gasteiger charge is 2.02. The molecule has 3 N–H and O–H groups in total. The average molecular weight is 639 g/mol. The number of carbonyl (C=O) groups excluding carboxylic acids is 1. The summed E-state index contributed by atoms with van der Waals surface area (Å²) in [6.45, 7) is 8.62. The van der Waals surface area contributed by atoms with E-state index in [1.54, 1.807) is 6.07 Å². The largest absolute Gasteiger partial charge is 0.489 e. The Labute approximate surface area is 266 Å². The van der Waals surface area contributed by atoms with Crippen LogP contribution in [-0.4, -0.2) is 125 Å². The fourth-order valence-electron chi connectivity index (χ4n) is 3.46. The van der Waals surface area contributed by atoms with E-state index in [1.165, 1.54) is 0 Å². The Hall–Kier alpha value is -3.01. The van der Waals surface area contributed by atoms with Crippen molar-refractivity contribution < 1.29 is 52.2 Å². The van der Waals surface area contributed by atoms with E-state index in [2.05, 4.69) is 5.32 Å². The predicted octanol–water partition coefficient (Wildman–Crippen LogP) is 2.71. The van der Waals surface area contributed by atoms with Gasteiger partial charge in [-0.1, -0.05) is 42.5 Å². The molecule has 0 aliphatic carbocycles. The number of carbonyl (C=O) groups is 1. The molecular weight excluding hydrogens is 588 g/mol. The zero-order valence-electron chi connectivity index (χ0n) is 26.2. The molecule has 0 fully saturated rings. The van der Waals surface area contributed by atoms with Gasteiger partial charge in [0.1, 0.15) is 19.0 Å². The molecule has 2 rings (SSSR count). The second kappa shape index (κ2) is 28.5. The third kappa shape index (κ3) is 23.1. The van der Waals surface area contributed by atoms with E-state index in [4.69, 9.17) is 53.1 Å². The first-order valence-electron chi connectivity index (χ1n) is 15.3. The number of ether oxygens (including phenoxy) is 10. The Morgan fingerprint density at radius 1 is 0.511 bits per heavy atom. The summed E-state index contributed by atoms with van der Waals surface area (Å²) in [6.07, 6.45) is -0.469. The summed E-state index contributed by atoms with van der Waals surface area (Å²) in [7, 11) is 0. The van der Waals surface area contributed by atoms with E-state index in [-0.39, 0.29) is 6.61 Å². The second-order valence-electron chi connectivity index (χ2n) is 9.27. The van der Waals surface area contributed by atoms with Crippen LogP contribution in [0.5, 0.6) is 5.75 Å². The summed E-state index contributed by atoms with van der Waals surface area (Å²) in [4.78, 5) is 11.6. The molecule has 0 aliphatic heterocycles. The summed E-state index contributed by atoms with van der Waals surface area (Å²) < 4.78 is 54.3. The van der Waals surface area contributed by atoms with E-state index in [0.717, 1.165) is 5.56 Å². The highest BCUT2D eigenvalue weighted by Crippen LogP contribution is 2.19. The minimum Gasteiger partial charge on any atom is -0.489 e. The molecule has 0 saturated carbocycles. The van der Waals surface area contributed by atoms with Gasteiger partial charge in [-0.3, -0.25) is 0 Å². The van der Waals surface area contributed by atoms with Gasteiger partial charge in [-0.25, -0.2) is 4.79 Å². The molecule has 1 amide bonds. The SMILES string of the molecule is Nc1ccccc1OCCOCCOCCOCCOCCOCCOCCOCCOCCNC(=O)OCc1ccccc1. The lowest BCUT2D eigenvalue weighted by atomic mass is 10.2. The van der Waals surface area contributed by atoms with Crippen molar-refractivity contribution in [1.29, 1.82) is 0 Å². The van der Waals surface area contributed by atoms with Gasteiger partial charge in [0.15, 0.2) is 0 Å². The molecule has 2 aromatic carbocycles. The normalized spacial score (nSPS) is 11.0. The van der Waals surface area contributed by atoms with Crippen molar-refractivity contribution in [1.82, 2.24) is 5.32 Å². The molecular formula is C32H50N2O11. The van der Waals surface area contributed by atoms with Crippen LogP contribution in [0.25, 0.3) is 0 Å². The summed E-state index contributed by atoms with van der Waals surface area (Å²) >= 11 is 0. The first kappa shape index (κ1) is 38.2. The van der Waals surface area contributed by atoms with Crippen LogP contribution in [0.3, 0.4) is 0 Å². The van der Waals surface area contributed by atoms with Crippen LogP contribution in [-0.2, 0) is 49.2 Å². The minimum absolute atomic E-state index is 0.238. The van der Waals surface area contributed by atoms with Crippen LogP contribution in [0, 0.1) is 0 Å². The summed E-state index contributed by atoms with van der Waals surface area (Å²) in [6, 6.07) is 16.9. The first-order chi connectivity index (χ1) is 22.3. The third-order valence-corrected chi connectivity index (χ3v) is 5.74. The lowest BCUT2D eigenvalue weighted by molar-refractivity contribution is -0.0235. The zero-order valence-corrected chi connectivity index (χ0v) is 26.2. The highest BCUT2D eigenvalue weighted by molar-refractivity contribution is 5.67. The van der Waals surface area contributed by atoms with Crippen LogP contribution in [0.2, 0.25) is 0 Å². The lowest BCUT2D eigenvalue weighted by Crippen LogP contribution is -2.28. The molecule has 13 nitrogen and oxygen atoms in total. The molecule has 0 saturated heterocycles. The van der Waals surface area contributed by atoms with Crippen molar-refractivity contribution in [3.8, 4) is 5.75 Å². The summed E-state index contributed by atoms with van der Waals surface area (Å²) in [5.74, 6) is 0.665. The summed E-state index contributed by atoms with van der Waals surface area (Å²) in [5.41, 5.74) is 7.37. The molecule has 45 heavy (non-hydrogen) atoms. The maximum atomic E-state index is 11.6. The maximum absolute atomic E-state index is 11.6. The molecule has 0 heterocycles. The van der Waals surface area contributed by atoms with E-state index in [1.807, 2.05) is 48.5 Å². The van der Waals surface area contributed by atoms with Crippen LogP contribution in [0.4, 0.5) is 10.5 Å². The molecule has 254 valence electrons. The third-order valence-electron chi connectivity index (χ3n) is 5.74. The number of nitrogen functional groups attached to an aromatic ring is 1. The fourth-order valence-corrected chi connectivity index (χ4v) is 3.46. The first-order valence-corrected chi connectivity index (χ1v) is 15.3. The zero-order chi connectivity index (χ0) is 31.9. The van der Waals surface area contributed by atoms with E-state index in [9.17, 15) is 4.79 Å². The number of alkyl carbamates (subject to hydrolysis) is 1. The second-order valence-corrected chi connectivity index (χ2v) is 9.27. The van der Waals surface area contributed by atoms with Gasteiger partial charge in [-0.15, -0.1) is 0 Å². The Morgan fingerprint density at radius 2 is 0.911 bits per heavy atom. The van der Waals surface area contributed by atoms with Gasteiger partial charge in [0.05, 0.1) is 111 Å². The number of benzene rings is 2. The van der Waals surface area contributed by atoms with Crippen molar-refractivity contribution in [2.75, 3.05) is 125 Å². The fraction of sp³-hybridized carbons (Fsp3) is 0.594. The number of hydrogen-bond acceptors (Lipinski definition) is 12. The van der Waals surface area contributed by atoms with Gasteiger partial charge < -0.3 is 58.4 Å². The Morgan fingerprint density at radius 3 is 1.38 bits per heavy atom.